The lowest BCUT2D eigenvalue weighted by molar-refractivity contribution is -0.122. The van der Waals surface area contributed by atoms with Crippen LogP contribution in [0.25, 0.3) is 0 Å². The zero-order chi connectivity index (χ0) is 11.0. The number of hydrogen-bond donors (Lipinski definition) is 2. The number of nitrogens with one attached hydrogen (secondary N) is 1. The third-order valence-corrected chi connectivity index (χ3v) is 2.61. The van der Waals surface area contributed by atoms with Crippen molar-refractivity contribution in [3.63, 3.8) is 0 Å². The Hall–Kier alpha value is -1.47. The van der Waals surface area contributed by atoms with Gasteiger partial charge in [-0.15, -0.1) is 0 Å². The number of carbonyl (C=O) groups is 1. The summed E-state index contributed by atoms with van der Waals surface area (Å²) in [6, 6.07) is 3.06. The van der Waals surface area contributed by atoms with Gasteiger partial charge in [-0.1, -0.05) is 0 Å². The lowest BCUT2D eigenvalue weighted by Gasteiger charge is -1.98. The van der Waals surface area contributed by atoms with Crippen LogP contribution < -0.4 is 4.72 Å². The summed E-state index contributed by atoms with van der Waals surface area (Å²) in [5.74, 6) is 0. The van der Waals surface area contributed by atoms with Gasteiger partial charge in [0.2, 0.25) is 10.0 Å². The van der Waals surface area contributed by atoms with E-state index < -0.39 is 10.0 Å². The van der Waals surface area contributed by atoms with Crippen LogP contribution in [0, 0.1) is 0 Å². The van der Waals surface area contributed by atoms with Gasteiger partial charge in [-0.2, -0.15) is 0 Å². The normalized spacial score (nSPS) is 9.79. The van der Waals surface area contributed by atoms with Gasteiger partial charge in [0.1, 0.15) is 4.90 Å². The summed E-state index contributed by atoms with van der Waals surface area (Å²) >= 11 is 0. The minimum Gasteiger partial charge on any atom is -0.483 e. The smallest absolute Gasteiger partial charge is 0.290 e. The highest BCUT2D eigenvalue weighted by atomic mass is 32.2. The van der Waals surface area contributed by atoms with Crippen molar-refractivity contribution in [2.45, 2.75) is 4.90 Å². The molecule has 0 aromatic carbocycles. The Balaban J connectivity index is 0.000000500. The van der Waals surface area contributed by atoms with Crippen LogP contribution in [0.3, 0.4) is 0 Å². The first kappa shape index (κ1) is 12.5. The van der Waals surface area contributed by atoms with Gasteiger partial charge in [0.15, 0.2) is 0 Å². The molecule has 6 nitrogen and oxygen atoms in total. The fraction of sp³-hybridized carbons (Fsp3) is 0.143. The maximum Gasteiger partial charge on any atom is 0.290 e. The lowest BCUT2D eigenvalue weighted by Crippen LogP contribution is -2.18. The van der Waals surface area contributed by atoms with Crippen molar-refractivity contribution in [3.05, 3.63) is 24.5 Å². The second-order valence-electron chi connectivity index (χ2n) is 2.00. The average Bonchev–Trinajstić information content (AvgIpc) is 2.20. The third-order valence-electron chi connectivity index (χ3n) is 1.21. The van der Waals surface area contributed by atoms with Crippen molar-refractivity contribution < 1.29 is 18.3 Å². The van der Waals surface area contributed by atoms with Crippen LogP contribution in [0.15, 0.2) is 29.4 Å². The van der Waals surface area contributed by atoms with Crippen molar-refractivity contribution in [2.24, 2.45) is 0 Å². The Kier molecular flexibility index (Phi) is 5.42. The number of carboxylic acid groups (broad SMARTS) is 1. The standard InChI is InChI=1S/C6H8N2O2S.CH2O2/c1-7-11(9,10)6-3-2-4-8-5-6;2-1-3/h2-5,7H,1H3;1H,(H,2,3). The fourth-order valence-corrected chi connectivity index (χ4v) is 1.32. The van der Waals surface area contributed by atoms with Crippen molar-refractivity contribution in [1.82, 2.24) is 9.71 Å². The van der Waals surface area contributed by atoms with Gasteiger partial charge in [-0.3, -0.25) is 9.78 Å². The number of hydrogen-bond acceptors (Lipinski definition) is 4. The third kappa shape index (κ3) is 3.97. The molecule has 0 saturated heterocycles. The second-order valence-corrected chi connectivity index (χ2v) is 3.89. The molecule has 1 rings (SSSR count). The van der Waals surface area contributed by atoms with Gasteiger partial charge < -0.3 is 5.11 Å². The predicted molar refractivity (Wildman–Crippen MR) is 49.2 cm³/mol. The van der Waals surface area contributed by atoms with Gasteiger partial charge >= 0.3 is 0 Å². The van der Waals surface area contributed by atoms with Gasteiger partial charge in [0.25, 0.3) is 6.47 Å². The Labute approximate surface area is 81.7 Å². The molecule has 0 unspecified atom stereocenters. The molecule has 0 aliphatic rings. The maximum atomic E-state index is 11.0. The molecule has 0 spiro atoms. The van der Waals surface area contributed by atoms with Crippen LogP contribution in [-0.2, 0) is 14.8 Å². The molecule has 0 aliphatic heterocycles. The molecule has 0 radical (unpaired) electrons. The van der Waals surface area contributed by atoms with E-state index in [1.165, 1.54) is 25.5 Å². The predicted octanol–water partition coefficient (Wildman–Crippen LogP) is -0.310. The summed E-state index contributed by atoms with van der Waals surface area (Å²) in [6.45, 7) is -0.250. The van der Waals surface area contributed by atoms with Crippen LogP contribution in [0.4, 0.5) is 0 Å². The largest absolute Gasteiger partial charge is 0.483 e. The van der Waals surface area contributed by atoms with E-state index in [9.17, 15) is 8.42 Å². The van der Waals surface area contributed by atoms with Gasteiger partial charge in [0, 0.05) is 12.4 Å². The maximum absolute atomic E-state index is 11.0. The Morgan fingerprint density at radius 2 is 2.14 bits per heavy atom. The number of aromatic nitrogens is 1. The number of rotatable bonds is 2. The van der Waals surface area contributed by atoms with E-state index in [0.717, 1.165) is 0 Å². The van der Waals surface area contributed by atoms with E-state index in [4.69, 9.17) is 9.90 Å². The fourth-order valence-electron chi connectivity index (χ4n) is 0.624. The minimum atomic E-state index is -3.31. The van der Waals surface area contributed by atoms with E-state index in [2.05, 4.69) is 9.71 Å². The average molecular weight is 218 g/mol. The van der Waals surface area contributed by atoms with E-state index >= 15 is 0 Å². The van der Waals surface area contributed by atoms with Crippen LogP contribution in [0.1, 0.15) is 0 Å². The molecule has 7 heteroatoms. The molecule has 1 aromatic heterocycles. The van der Waals surface area contributed by atoms with Gasteiger partial charge in [-0.05, 0) is 19.2 Å². The summed E-state index contributed by atoms with van der Waals surface area (Å²) in [5, 5.41) is 6.89. The summed E-state index contributed by atoms with van der Waals surface area (Å²) < 4.78 is 24.3. The van der Waals surface area contributed by atoms with Gasteiger partial charge in [0.05, 0.1) is 0 Å². The Morgan fingerprint density at radius 1 is 1.57 bits per heavy atom. The topological polar surface area (TPSA) is 96.4 Å². The van der Waals surface area contributed by atoms with E-state index in [-0.39, 0.29) is 11.4 Å². The summed E-state index contributed by atoms with van der Waals surface area (Å²) in [4.78, 5) is 12.2. The monoisotopic (exact) mass is 218 g/mol. The van der Waals surface area contributed by atoms with E-state index in [0.29, 0.717) is 0 Å². The molecule has 0 fully saturated rings. The zero-order valence-corrected chi connectivity index (χ0v) is 8.23. The van der Waals surface area contributed by atoms with E-state index in [1.807, 2.05) is 0 Å². The molecule has 14 heavy (non-hydrogen) atoms. The van der Waals surface area contributed by atoms with E-state index in [1.54, 1.807) is 6.07 Å². The Morgan fingerprint density at radius 3 is 2.50 bits per heavy atom. The zero-order valence-electron chi connectivity index (χ0n) is 7.41. The number of pyridine rings is 1. The second kappa shape index (κ2) is 6.06. The van der Waals surface area contributed by atoms with Crippen molar-refractivity contribution in [1.29, 1.82) is 0 Å². The molecular weight excluding hydrogens is 208 g/mol. The first-order chi connectivity index (χ1) is 6.58. The van der Waals surface area contributed by atoms with Crippen LogP contribution in [-0.4, -0.2) is 32.0 Å². The van der Waals surface area contributed by atoms with Crippen LogP contribution in [0.5, 0.6) is 0 Å². The molecule has 1 aromatic rings. The molecule has 0 bridgehead atoms. The molecule has 0 atom stereocenters. The molecule has 1 heterocycles. The van der Waals surface area contributed by atoms with Crippen LogP contribution in [0.2, 0.25) is 0 Å². The molecule has 0 amide bonds. The SMILES string of the molecule is CNS(=O)(=O)c1cccnc1.O=CO. The lowest BCUT2D eigenvalue weighted by atomic mass is 10.5. The highest BCUT2D eigenvalue weighted by Crippen LogP contribution is 2.03. The molecular formula is C7H10N2O4S. The Bertz CT molecular complexity index is 363. The number of sulfonamides is 1. The summed E-state index contributed by atoms with van der Waals surface area (Å²) in [6.07, 6.45) is 2.82. The molecule has 0 saturated carbocycles. The number of nitrogens with zero attached hydrogens (tertiary/aromatic N) is 1. The van der Waals surface area contributed by atoms with Crippen molar-refractivity contribution >= 4 is 16.5 Å². The van der Waals surface area contributed by atoms with Crippen molar-refractivity contribution in [3.8, 4) is 0 Å². The first-order valence-corrected chi connectivity index (χ1v) is 4.98. The highest BCUT2D eigenvalue weighted by molar-refractivity contribution is 7.89. The van der Waals surface area contributed by atoms with Gasteiger partial charge in [-0.25, -0.2) is 13.1 Å². The minimum absolute atomic E-state index is 0.183. The quantitative estimate of drug-likeness (QED) is 0.664. The first-order valence-electron chi connectivity index (χ1n) is 3.50. The van der Waals surface area contributed by atoms with Crippen molar-refractivity contribution in [2.75, 3.05) is 7.05 Å². The summed E-state index contributed by atoms with van der Waals surface area (Å²) in [5.41, 5.74) is 0. The molecule has 2 N–H and O–H groups in total. The molecule has 0 aliphatic carbocycles. The van der Waals surface area contributed by atoms with Crippen LogP contribution >= 0.6 is 0 Å². The molecule has 78 valence electrons. The highest BCUT2D eigenvalue weighted by Gasteiger charge is 2.09. The summed E-state index contributed by atoms with van der Waals surface area (Å²) in [7, 11) is -1.95.